The fraction of sp³-hybridized carbons (Fsp3) is 0.200. The summed E-state index contributed by atoms with van der Waals surface area (Å²) in [5.41, 5.74) is 10.1. The summed E-state index contributed by atoms with van der Waals surface area (Å²) in [5.74, 6) is 0. The highest BCUT2D eigenvalue weighted by Gasteiger charge is 2.25. The van der Waals surface area contributed by atoms with Crippen LogP contribution in [0, 0.1) is 13.8 Å². The molecule has 108 valence electrons. The Morgan fingerprint density at radius 1 is 0.955 bits per heavy atom. The molecule has 4 rings (SSSR count). The summed E-state index contributed by atoms with van der Waals surface area (Å²) in [6.45, 7) is 4.23. The summed E-state index contributed by atoms with van der Waals surface area (Å²) in [6.07, 6.45) is 3.20. The molecule has 0 unspecified atom stereocenters. The van der Waals surface area contributed by atoms with Gasteiger partial charge in [0.05, 0.1) is 5.69 Å². The Morgan fingerprint density at radius 2 is 1.77 bits per heavy atom. The van der Waals surface area contributed by atoms with Crippen LogP contribution < -0.4 is 4.57 Å². The van der Waals surface area contributed by atoms with E-state index in [1.165, 1.54) is 39.2 Å². The van der Waals surface area contributed by atoms with Crippen molar-refractivity contribution in [3.05, 3.63) is 71.2 Å². The van der Waals surface area contributed by atoms with Crippen LogP contribution in [-0.4, -0.2) is 4.98 Å². The smallest absolute Gasteiger partial charge is 0.213 e. The number of nitrogens with zero attached hydrogens (tertiary/aromatic N) is 2. The minimum absolute atomic E-state index is 0.939. The molecule has 0 amide bonds. The normalized spacial score (nSPS) is 12.1. The Labute approximate surface area is 131 Å². The quantitative estimate of drug-likeness (QED) is 0.487. The van der Waals surface area contributed by atoms with Crippen molar-refractivity contribution in [1.29, 1.82) is 0 Å². The molecule has 3 aromatic rings. The first-order valence-corrected chi connectivity index (χ1v) is 7.69. The van der Waals surface area contributed by atoms with E-state index in [0.29, 0.717) is 0 Å². The second kappa shape index (κ2) is 4.77. The van der Waals surface area contributed by atoms with Crippen molar-refractivity contribution >= 4 is 0 Å². The lowest BCUT2D eigenvalue weighted by molar-refractivity contribution is -0.660. The molecule has 2 nitrogen and oxygen atoms in total. The third kappa shape index (κ3) is 1.95. The highest BCUT2D eigenvalue weighted by Crippen LogP contribution is 2.36. The molecule has 0 N–H and O–H groups in total. The molecule has 1 aromatic carbocycles. The van der Waals surface area contributed by atoms with Gasteiger partial charge in [0.1, 0.15) is 7.05 Å². The largest absolute Gasteiger partial charge is 0.257 e. The number of benzene rings is 1. The summed E-state index contributed by atoms with van der Waals surface area (Å²) in [4.78, 5) is 4.71. The standard InChI is InChI=1S/C20H19N2/c1-13-6-4-5-7-16(13)20-11-18-15(12-22(20)3)10-19-17(18)9-8-14(2)21-19/h4-9,11-12H,10H2,1-3H3/q+1. The lowest BCUT2D eigenvalue weighted by Gasteiger charge is -2.07. The van der Waals surface area contributed by atoms with E-state index in [2.05, 4.69) is 74.1 Å². The van der Waals surface area contributed by atoms with E-state index in [9.17, 15) is 0 Å². The molecule has 0 aliphatic heterocycles. The first-order chi connectivity index (χ1) is 10.6. The van der Waals surface area contributed by atoms with Gasteiger partial charge in [0.25, 0.3) is 0 Å². The van der Waals surface area contributed by atoms with E-state index in [1.54, 1.807) is 0 Å². The summed E-state index contributed by atoms with van der Waals surface area (Å²) in [6, 6.07) is 15.2. The van der Waals surface area contributed by atoms with Crippen LogP contribution in [0.15, 0.2) is 48.7 Å². The average Bonchev–Trinajstić information content (AvgIpc) is 2.83. The maximum atomic E-state index is 4.71. The molecule has 0 radical (unpaired) electrons. The number of aromatic nitrogens is 2. The summed E-state index contributed by atoms with van der Waals surface area (Å²) in [7, 11) is 2.13. The predicted octanol–water partition coefficient (Wildman–Crippen LogP) is 3.76. The Balaban J connectivity index is 1.94. The maximum Gasteiger partial charge on any atom is 0.213 e. The topological polar surface area (TPSA) is 16.8 Å². The second-order valence-corrected chi connectivity index (χ2v) is 6.15. The third-order valence-electron chi connectivity index (χ3n) is 4.54. The van der Waals surface area contributed by atoms with Gasteiger partial charge in [-0.15, -0.1) is 0 Å². The van der Waals surface area contributed by atoms with E-state index < -0.39 is 0 Å². The van der Waals surface area contributed by atoms with E-state index in [-0.39, 0.29) is 0 Å². The van der Waals surface area contributed by atoms with Crippen LogP contribution in [0.4, 0.5) is 0 Å². The lowest BCUT2D eigenvalue weighted by Crippen LogP contribution is -2.31. The molecule has 0 saturated carbocycles. The highest BCUT2D eigenvalue weighted by molar-refractivity contribution is 5.78. The molecule has 0 fully saturated rings. The predicted molar refractivity (Wildman–Crippen MR) is 88.6 cm³/mol. The van der Waals surface area contributed by atoms with Crippen molar-refractivity contribution in [2.45, 2.75) is 20.3 Å². The summed E-state index contributed by atoms with van der Waals surface area (Å²) < 4.78 is 2.24. The molecule has 22 heavy (non-hydrogen) atoms. The van der Waals surface area contributed by atoms with Crippen molar-refractivity contribution in [2.75, 3.05) is 0 Å². The van der Waals surface area contributed by atoms with Gasteiger partial charge in [-0.05, 0) is 37.1 Å². The van der Waals surface area contributed by atoms with E-state index in [4.69, 9.17) is 4.98 Å². The molecular formula is C20H19N2+. The van der Waals surface area contributed by atoms with Gasteiger partial charge in [-0.25, -0.2) is 4.57 Å². The Hall–Kier alpha value is -2.48. The molecule has 2 heteroatoms. The van der Waals surface area contributed by atoms with E-state index in [1.807, 2.05) is 0 Å². The van der Waals surface area contributed by atoms with Crippen molar-refractivity contribution < 1.29 is 4.57 Å². The van der Waals surface area contributed by atoms with Gasteiger partial charge < -0.3 is 0 Å². The monoisotopic (exact) mass is 287 g/mol. The molecular weight excluding hydrogens is 268 g/mol. The van der Waals surface area contributed by atoms with Gasteiger partial charge in [-0.1, -0.05) is 24.3 Å². The first kappa shape index (κ1) is 13.2. The first-order valence-electron chi connectivity index (χ1n) is 7.69. The molecule has 2 heterocycles. The Morgan fingerprint density at radius 3 is 2.59 bits per heavy atom. The van der Waals surface area contributed by atoms with Crippen LogP contribution in [0.5, 0.6) is 0 Å². The van der Waals surface area contributed by atoms with Gasteiger partial charge in [-0.2, -0.15) is 0 Å². The molecule has 0 spiro atoms. The highest BCUT2D eigenvalue weighted by atomic mass is 14.9. The van der Waals surface area contributed by atoms with E-state index in [0.717, 1.165) is 12.1 Å². The molecule has 0 atom stereocenters. The Kier molecular flexibility index (Phi) is 2.86. The zero-order chi connectivity index (χ0) is 15.3. The van der Waals surface area contributed by atoms with Gasteiger partial charge in [0, 0.05) is 34.9 Å². The molecule has 1 aliphatic carbocycles. The van der Waals surface area contributed by atoms with Crippen LogP contribution in [0.3, 0.4) is 0 Å². The third-order valence-corrected chi connectivity index (χ3v) is 4.54. The van der Waals surface area contributed by atoms with Crippen LogP contribution in [-0.2, 0) is 13.5 Å². The van der Waals surface area contributed by atoms with Crippen molar-refractivity contribution in [1.82, 2.24) is 4.98 Å². The van der Waals surface area contributed by atoms with Crippen LogP contribution in [0.2, 0.25) is 0 Å². The van der Waals surface area contributed by atoms with Gasteiger partial charge in [-0.3, -0.25) is 4.98 Å². The average molecular weight is 287 g/mol. The summed E-state index contributed by atoms with van der Waals surface area (Å²) >= 11 is 0. The number of rotatable bonds is 1. The van der Waals surface area contributed by atoms with Crippen molar-refractivity contribution in [2.24, 2.45) is 7.05 Å². The molecule has 2 aromatic heterocycles. The number of pyridine rings is 2. The number of hydrogen-bond acceptors (Lipinski definition) is 1. The minimum atomic E-state index is 0.939. The summed E-state index contributed by atoms with van der Waals surface area (Å²) in [5, 5.41) is 0. The van der Waals surface area contributed by atoms with Gasteiger partial charge in [0.15, 0.2) is 6.20 Å². The molecule has 0 saturated heterocycles. The Bertz CT molecular complexity index is 894. The van der Waals surface area contributed by atoms with Crippen LogP contribution >= 0.6 is 0 Å². The minimum Gasteiger partial charge on any atom is -0.257 e. The maximum absolute atomic E-state index is 4.71. The van der Waals surface area contributed by atoms with Crippen molar-refractivity contribution in [3.63, 3.8) is 0 Å². The van der Waals surface area contributed by atoms with Crippen LogP contribution in [0.25, 0.3) is 22.4 Å². The number of fused-ring (bicyclic) bond motifs is 3. The fourth-order valence-electron chi connectivity index (χ4n) is 3.39. The second-order valence-electron chi connectivity index (χ2n) is 6.15. The molecule has 0 bridgehead atoms. The van der Waals surface area contributed by atoms with Gasteiger partial charge in [0.2, 0.25) is 5.69 Å². The zero-order valence-electron chi connectivity index (χ0n) is 13.2. The SMILES string of the molecule is Cc1ccc2c(n1)Cc1c[n+](C)c(-c3ccccc3C)cc1-2. The van der Waals surface area contributed by atoms with Crippen molar-refractivity contribution in [3.8, 4) is 22.4 Å². The molecule has 1 aliphatic rings. The van der Waals surface area contributed by atoms with E-state index >= 15 is 0 Å². The fourth-order valence-corrected chi connectivity index (χ4v) is 3.39. The zero-order valence-corrected chi connectivity index (χ0v) is 13.2. The van der Waals surface area contributed by atoms with Crippen LogP contribution in [0.1, 0.15) is 22.5 Å². The van der Waals surface area contributed by atoms with Gasteiger partial charge >= 0.3 is 0 Å². The lowest BCUT2D eigenvalue weighted by atomic mass is 10.0. The number of hydrogen-bond donors (Lipinski definition) is 0. The number of aryl methyl sites for hydroxylation is 3.